The minimum absolute atomic E-state index is 0.00370. The van der Waals surface area contributed by atoms with Gasteiger partial charge in [0.25, 0.3) is 0 Å². The van der Waals surface area contributed by atoms with Gasteiger partial charge >= 0.3 is 0 Å². The molecule has 0 spiro atoms. The second kappa shape index (κ2) is 3.67. The van der Waals surface area contributed by atoms with E-state index in [0.29, 0.717) is 21.5 Å². The van der Waals surface area contributed by atoms with Crippen molar-refractivity contribution in [3.63, 3.8) is 0 Å². The lowest BCUT2D eigenvalue weighted by atomic mass is 10.2. The van der Waals surface area contributed by atoms with Gasteiger partial charge in [-0.15, -0.1) is 0 Å². The first kappa shape index (κ1) is 9.61. The zero-order valence-corrected chi connectivity index (χ0v) is 9.17. The lowest BCUT2D eigenvalue weighted by Gasteiger charge is -2.02. The van der Waals surface area contributed by atoms with Gasteiger partial charge in [-0.3, -0.25) is 0 Å². The average molecular weight is 278 g/mol. The van der Waals surface area contributed by atoms with Gasteiger partial charge in [0, 0.05) is 5.56 Å². The molecule has 1 aromatic carbocycles. The van der Waals surface area contributed by atoms with E-state index in [1.807, 2.05) is 0 Å². The second-order valence-electron chi connectivity index (χ2n) is 2.58. The zero-order chi connectivity index (χ0) is 10.1. The van der Waals surface area contributed by atoms with Crippen molar-refractivity contribution >= 4 is 32.7 Å². The van der Waals surface area contributed by atoms with Crippen molar-refractivity contribution < 1.29 is 14.7 Å². The molecule has 4 nitrogen and oxygen atoms in total. The molecule has 1 aliphatic heterocycles. The largest absolute Gasteiger partial charge is 0.454 e. The van der Waals surface area contributed by atoms with Crippen molar-refractivity contribution in [2.45, 2.75) is 0 Å². The number of nitrogens with zero attached hydrogens (tertiary/aromatic N) is 1. The number of hydrogen-bond donors (Lipinski definition) is 1. The van der Waals surface area contributed by atoms with Crippen LogP contribution in [0, 0.1) is 0 Å². The highest BCUT2D eigenvalue weighted by molar-refractivity contribution is 9.10. The fourth-order valence-electron chi connectivity index (χ4n) is 1.14. The monoisotopic (exact) mass is 277 g/mol. The van der Waals surface area contributed by atoms with E-state index in [1.165, 1.54) is 0 Å². The normalized spacial score (nSPS) is 14.6. The van der Waals surface area contributed by atoms with E-state index in [-0.39, 0.29) is 12.0 Å². The Balaban J connectivity index is 2.52. The SMILES string of the molecule is O/N=C(/Cl)c1cc(Br)c2c(c1)OCO2. The maximum Gasteiger partial charge on any atom is 0.231 e. The van der Waals surface area contributed by atoms with Gasteiger partial charge in [-0.05, 0) is 28.1 Å². The van der Waals surface area contributed by atoms with Gasteiger partial charge in [0.2, 0.25) is 6.79 Å². The highest BCUT2D eigenvalue weighted by Gasteiger charge is 2.19. The summed E-state index contributed by atoms with van der Waals surface area (Å²) in [6.45, 7) is 0.186. The van der Waals surface area contributed by atoms with Gasteiger partial charge in [-0.1, -0.05) is 16.8 Å². The predicted octanol–water partition coefficient (Wildman–Crippen LogP) is 2.55. The molecule has 0 aromatic heterocycles. The summed E-state index contributed by atoms with van der Waals surface area (Å²) in [4.78, 5) is 0. The molecule has 1 aromatic rings. The Hall–Kier alpha value is -0.940. The van der Waals surface area contributed by atoms with Crippen LogP contribution in [0.4, 0.5) is 0 Å². The van der Waals surface area contributed by atoms with E-state index in [9.17, 15) is 0 Å². The molecule has 1 heterocycles. The molecule has 1 aliphatic rings. The molecular formula is C8H5BrClNO3. The molecule has 0 unspecified atom stereocenters. The van der Waals surface area contributed by atoms with E-state index in [1.54, 1.807) is 12.1 Å². The number of benzene rings is 1. The van der Waals surface area contributed by atoms with Gasteiger partial charge in [0.1, 0.15) is 0 Å². The number of hydrogen-bond acceptors (Lipinski definition) is 4. The Labute approximate surface area is 93.2 Å². The first-order chi connectivity index (χ1) is 6.72. The third kappa shape index (κ3) is 1.53. The Bertz CT molecular complexity index is 408. The molecule has 14 heavy (non-hydrogen) atoms. The third-order valence-corrected chi connectivity index (χ3v) is 2.64. The summed E-state index contributed by atoms with van der Waals surface area (Å²) in [6, 6.07) is 3.34. The van der Waals surface area contributed by atoms with Crippen LogP contribution in [0.15, 0.2) is 21.8 Å². The molecule has 0 amide bonds. The standard InChI is InChI=1S/C8H5BrClNO3/c9-5-1-4(8(10)11-12)2-6-7(5)14-3-13-6/h1-2,12H,3H2/b11-8+. The summed E-state index contributed by atoms with van der Waals surface area (Å²) < 4.78 is 11.1. The van der Waals surface area contributed by atoms with Crippen LogP contribution in [0.2, 0.25) is 0 Å². The maximum absolute atomic E-state index is 8.50. The van der Waals surface area contributed by atoms with Crippen molar-refractivity contribution in [2.24, 2.45) is 5.16 Å². The number of oxime groups is 1. The fourth-order valence-corrected chi connectivity index (χ4v) is 1.81. The number of halogens is 2. The second-order valence-corrected chi connectivity index (χ2v) is 3.80. The summed E-state index contributed by atoms with van der Waals surface area (Å²) in [7, 11) is 0. The van der Waals surface area contributed by atoms with Crippen LogP contribution < -0.4 is 9.47 Å². The fraction of sp³-hybridized carbons (Fsp3) is 0.125. The van der Waals surface area contributed by atoms with E-state index >= 15 is 0 Å². The summed E-state index contributed by atoms with van der Waals surface area (Å²) in [5.41, 5.74) is 0.560. The molecule has 2 rings (SSSR count). The van der Waals surface area contributed by atoms with E-state index in [0.717, 1.165) is 0 Å². The first-order valence-corrected chi connectivity index (χ1v) is 4.86. The minimum Gasteiger partial charge on any atom is -0.454 e. The lowest BCUT2D eigenvalue weighted by Crippen LogP contribution is -1.93. The smallest absolute Gasteiger partial charge is 0.231 e. The first-order valence-electron chi connectivity index (χ1n) is 3.69. The summed E-state index contributed by atoms with van der Waals surface area (Å²) in [5.74, 6) is 1.22. The van der Waals surface area contributed by atoms with Crippen LogP contribution >= 0.6 is 27.5 Å². The Morgan fingerprint density at radius 2 is 2.29 bits per heavy atom. The van der Waals surface area contributed by atoms with E-state index in [4.69, 9.17) is 26.3 Å². The molecular weight excluding hydrogens is 273 g/mol. The van der Waals surface area contributed by atoms with Crippen LogP contribution in [0.3, 0.4) is 0 Å². The summed E-state index contributed by atoms with van der Waals surface area (Å²) in [5, 5.41) is 11.4. The molecule has 0 radical (unpaired) electrons. The number of fused-ring (bicyclic) bond motifs is 1. The molecule has 74 valence electrons. The number of ether oxygens (including phenoxy) is 2. The highest BCUT2D eigenvalue weighted by atomic mass is 79.9. The van der Waals surface area contributed by atoms with Crippen molar-refractivity contribution in [1.29, 1.82) is 0 Å². The third-order valence-electron chi connectivity index (χ3n) is 1.75. The summed E-state index contributed by atoms with van der Waals surface area (Å²) in [6.07, 6.45) is 0. The number of rotatable bonds is 1. The van der Waals surface area contributed by atoms with E-state index < -0.39 is 0 Å². The van der Waals surface area contributed by atoms with Gasteiger partial charge < -0.3 is 14.7 Å². The van der Waals surface area contributed by atoms with Crippen LogP contribution in [0.5, 0.6) is 11.5 Å². The van der Waals surface area contributed by atoms with Crippen molar-refractivity contribution in [3.8, 4) is 11.5 Å². The highest BCUT2D eigenvalue weighted by Crippen LogP contribution is 2.40. The quantitative estimate of drug-likeness (QED) is 0.488. The van der Waals surface area contributed by atoms with E-state index in [2.05, 4.69) is 21.1 Å². The predicted molar refractivity (Wildman–Crippen MR) is 54.4 cm³/mol. The Kier molecular flexibility index (Phi) is 2.52. The molecule has 0 aliphatic carbocycles. The van der Waals surface area contributed by atoms with Crippen molar-refractivity contribution in [1.82, 2.24) is 0 Å². The van der Waals surface area contributed by atoms with Crippen LogP contribution in [0.1, 0.15) is 5.56 Å². The molecule has 0 atom stereocenters. The molecule has 0 saturated carbocycles. The van der Waals surface area contributed by atoms with Crippen molar-refractivity contribution in [2.75, 3.05) is 6.79 Å². The minimum atomic E-state index is 0.00370. The molecule has 0 bridgehead atoms. The van der Waals surface area contributed by atoms with Gasteiger partial charge in [0.05, 0.1) is 4.47 Å². The maximum atomic E-state index is 8.50. The van der Waals surface area contributed by atoms with Crippen LogP contribution in [0.25, 0.3) is 0 Å². The topological polar surface area (TPSA) is 51.1 Å². The van der Waals surface area contributed by atoms with Crippen LogP contribution in [-0.4, -0.2) is 17.2 Å². The zero-order valence-electron chi connectivity index (χ0n) is 6.83. The Morgan fingerprint density at radius 3 is 3.00 bits per heavy atom. The molecule has 6 heteroatoms. The van der Waals surface area contributed by atoms with Gasteiger partial charge in [0.15, 0.2) is 16.7 Å². The van der Waals surface area contributed by atoms with Gasteiger partial charge in [-0.25, -0.2) is 0 Å². The Morgan fingerprint density at radius 1 is 1.50 bits per heavy atom. The molecule has 0 saturated heterocycles. The summed E-state index contributed by atoms with van der Waals surface area (Å²) >= 11 is 8.94. The molecule has 0 fully saturated rings. The van der Waals surface area contributed by atoms with Gasteiger partial charge in [-0.2, -0.15) is 0 Å². The van der Waals surface area contributed by atoms with Crippen molar-refractivity contribution in [3.05, 3.63) is 22.2 Å². The average Bonchev–Trinajstić information content (AvgIpc) is 2.64. The molecule has 1 N–H and O–H groups in total. The van der Waals surface area contributed by atoms with Crippen LogP contribution in [-0.2, 0) is 0 Å². The lowest BCUT2D eigenvalue weighted by molar-refractivity contribution is 0.173.